The molecule has 0 amide bonds. The van der Waals surface area contributed by atoms with E-state index < -0.39 is 5.41 Å². The van der Waals surface area contributed by atoms with E-state index in [-0.39, 0.29) is 13.2 Å². The highest BCUT2D eigenvalue weighted by Gasteiger charge is 2.26. The van der Waals surface area contributed by atoms with E-state index in [9.17, 15) is 10.2 Å². The lowest BCUT2D eigenvalue weighted by Crippen LogP contribution is -2.31. The number of benzene rings is 1. The fourth-order valence-corrected chi connectivity index (χ4v) is 1.83. The fourth-order valence-electron chi connectivity index (χ4n) is 1.83. The van der Waals surface area contributed by atoms with E-state index in [4.69, 9.17) is 9.47 Å². The zero-order valence-corrected chi connectivity index (χ0v) is 11.8. The molecule has 0 aliphatic rings. The summed E-state index contributed by atoms with van der Waals surface area (Å²) in [5.41, 5.74) is -0.458. The van der Waals surface area contributed by atoms with E-state index in [2.05, 4.69) is 0 Å². The number of hydrogen-bond donors (Lipinski definition) is 2. The monoisotopic (exact) mass is 268 g/mol. The molecule has 4 heteroatoms. The van der Waals surface area contributed by atoms with Crippen molar-refractivity contribution < 1.29 is 19.7 Å². The van der Waals surface area contributed by atoms with Crippen LogP contribution in [0.4, 0.5) is 0 Å². The minimum absolute atomic E-state index is 0.0313. The van der Waals surface area contributed by atoms with Gasteiger partial charge in [-0.2, -0.15) is 0 Å². The Balaban J connectivity index is 2.57. The molecule has 0 fully saturated rings. The first-order valence-corrected chi connectivity index (χ1v) is 6.77. The molecule has 4 nitrogen and oxygen atoms in total. The van der Waals surface area contributed by atoms with Crippen LogP contribution in [0.15, 0.2) is 24.3 Å². The van der Waals surface area contributed by atoms with Gasteiger partial charge in [-0.25, -0.2) is 0 Å². The Kier molecular flexibility index (Phi) is 6.67. The van der Waals surface area contributed by atoms with Gasteiger partial charge in [0.25, 0.3) is 0 Å². The Labute approximate surface area is 115 Å². The van der Waals surface area contributed by atoms with Crippen molar-refractivity contribution >= 4 is 0 Å². The van der Waals surface area contributed by atoms with Gasteiger partial charge in [0.1, 0.15) is 0 Å². The van der Waals surface area contributed by atoms with Crippen molar-refractivity contribution in [1.29, 1.82) is 0 Å². The second kappa shape index (κ2) is 8.02. The Morgan fingerprint density at radius 3 is 2.05 bits per heavy atom. The highest BCUT2D eigenvalue weighted by atomic mass is 16.5. The highest BCUT2D eigenvalue weighted by Crippen LogP contribution is 2.29. The molecule has 0 saturated heterocycles. The largest absolute Gasteiger partial charge is 0.490 e. The topological polar surface area (TPSA) is 58.9 Å². The summed E-state index contributed by atoms with van der Waals surface area (Å²) >= 11 is 0. The van der Waals surface area contributed by atoms with Crippen LogP contribution in [0.3, 0.4) is 0 Å². The maximum Gasteiger partial charge on any atom is 0.161 e. The van der Waals surface area contributed by atoms with Crippen molar-refractivity contribution in [2.45, 2.75) is 26.7 Å². The number of rotatable bonds is 9. The smallest absolute Gasteiger partial charge is 0.161 e. The van der Waals surface area contributed by atoms with Crippen molar-refractivity contribution in [3.63, 3.8) is 0 Å². The lowest BCUT2D eigenvalue weighted by atomic mass is 9.84. The maximum absolute atomic E-state index is 9.37. The van der Waals surface area contributed by atoms with Crippen LogP contribution in [-0.2, 0) is 0 Å². The number of ether oxygens (including phenoxy) is 2. The predicted octanol–water partition coefficient (Wildman–Crippen LogP) is 2.24. The van der Waals surface area contributed by atoms with Crippen LogP contribution in [0.1, 0.15) is 26.7 Å². The predicted molar refractivity (Wildman–Crippen MR) is 74.6 cm³/mol. The molecule has 1 rings (SSSR count). The van der Waals surface area contributed by atoms with Gasteiger partial charge in [0, 0.05) is 5.41 Å². The molecule has 108 valence electrons. The van der Waals surface area contributed by atoms with E-state index in [0.717, 1.165) is 12.2 Å². The summed E-state index contributed by atoms with van der Waals surface area (Å²) in [5.74, 6) is 1.42. The molecule has 0 heterocycles. The van der Waals surface area contributed by atoms with E-state index >= 15 is 0 Å². The molecule has 0 atom stereocenters. The number of aliphatic hydroxyl groups excluding tert-OH is 2. The average molecular weight is 268 g/mol. The molecule has 0 unspecified atom stereocenters. The summed E-state index contributed by atoms with van der Waals surface area (Å²) in [6.07, 6.45) is 1.33. The van der Waals surface area contributed by atoms with Gasteiger partial charge >= 0.3 is 0 Å². The first-order chi connectivity index (χ1) is 9.21. The van der Waals surface area contributed by atoms with E-state index in [1.807, 2.05) is 38.1 Å². The molecule has 1 aromatic carbocycles. The third kappa shape index (κ3) is 4.40. The van der Waals surface area contributed by atoms with Crippen LogP contribution in [0.5, 0.6) is 11.5 Å². The normalized spacial score (nSPS) is 11.4. The summed E-state index contributed by atoms with van der Waals surface area (Å²) in [5, 5.41) is 18.7. The third-order valence-corrected chi connectivity index (χ3v) is 3.46. The molecule has 0 aliphatic heterocycles. The highest BCUT2D eigenvalue weighted by molar-refractivity contribution is 5.39. The molecule has 1 aromatic rings. The Hall–Kier alpha value is -1.26. The van der Waals surface area contributed by atoms with Gasteiger partial charge in [0.2, 0.25) is 0 Å². The first kappa shape index (κ1) is 15.8. The second-order valence-electron chi connectivity index (χ2n) is 4.65. The fraction of sp³-hybridized carbons (Fsp3) is 0.600. The van der Waals surface area contributed by atoms with Crippen LogP contribution in [0, 0.1) is 5.41 Å². The Bertz CT molecular complexity index is 353. The van der Waals surface area contributed by atoms with E-state index in [1.165, 1.54) is 0 Å². The van der Waals surface area contributed by atoms with E-state index in [0.29, 0.717) is 25.4 Å². The van der Waals surface area contributed by atoms with Gasteiger partial charge in [-0.3, -0.25) is 0 Å². The summed E-state index contributed by atoms with van der Waals surface area (Å²) < 4.78 is 11.2. The van der Waals surface area contributed by atoms with Crippen LogP contribution in [0.2, 0.25) is 0 Å². The van der Waals surface area contributed by atoms with Crippen molar-refractivity contribution in [3.8, 4) is 11.5 Å². The molecule has 0 aromatic heterocycles. The number of hydrogen-bond acceptors (Lipinski definition) is 4. The Morgan fingerprint density at radius 2 is 1.58 bits per heavy atom. The molecule has 0 radical (unpaired) electrons. The maximum atomic E-state index is 9.37. The molecule has 0 spiro atoms. The average Bonchev–Trinajstić information content (AvgIpc) is 2.46. The van der Waals surface area contributed by atoms with Crippen molar-refractivity contribution in [1.82, 2.24) is 0 Å². The van der Waals surface area contributed by atoms with Gasteiger partial charge in [-0.15, -0.1) is 0 Å². The lowest BCUT2D eigenvalue weighted by Gasteiger charge is -2.28. The lowest BCUT2D eigenvalue weighted by molar-refractivity contribution is 0.0322. The zero-order valence-electron chi connectivity index (χ0n) is 11.8. The standard InChI is InChI=1S/C15H24O4/c1-3-15(11-16,12-17)9-10-19-14-8-6-5-7-13(14)18-4-2/h5-8,16-17H,3-4,9-12H2,1-2H3. The van der Waals surface area contributed by atoms with Crippen LogP contribution >= 0.6 is 0 Å². The van der Waals surface area contributed by atoms with Crippen molar-refractivity contribution in [2.75, 3.05) is 26.4 Å². The van der Waals surface area contributed by atoms with Gasteiger partial charge in [-0.1, -0.05) is 19.1 Å². The molecule has 0 aliphatic carbocycles. The van der Waals surface area contributed by atoms with Gasteiger partial charge < -0.3 is 19.7 Å². The van der Waals surface area contributed by atoms with Crippen LogP contribution in [-0.4, -0.2) is 36.6 Å². The Morgan fingerprint density at radius 1 is 1.00 bits per heavy atom. The summed E-state index contributed by atoms with van der Waals surface area (Å²) in [4.78, 5) is 0. The molecular weight excluding hydrogens is 244 g/mol. The van der Waals surface area contributed by atoms with Gasteiger partial charge in [-0.05, 0) is 31.9 Å². The second-order valence-corrected chi connectivity index (χ2v) is 4.65. The SMILES string of the molecule is CCOc1ccccc1OCCC(CC)(CO)CO. The van der Waals surface area contributed by atoms with Gasteiger partial charge in [0.05, 0.1) is 26.4 Å². The number of para-hydroxylation sites is 2. The molecule has 19 heavy (non-hydrogen) atoms. The van der Waals surface area contributed by atoms with Crippen LogP contribution in [0.25, 0.3) is 0 Å². The zero-order chi connectivity index (χ0) is 14.1. The van der Waals surface area contributed by atoms with Crippen molar-refractivity contribution in [2.24, 2.45) is 5.41 Å². The first-order valence-electron chi connectivity index (χ1n) is 6.77. The molecular formula is C15H24O4. The van der Waals surface area contributed by atoms with Gasteiger partial charge in [0.15, 0.2) is 11.5 Å². The quantitative estimate of drug-likeness (QED) is 0.721. The minimum Gasteiger partial charge on any atom is -0.490 e. The minimum atomic E-state index is -0.458. The van der Waals surface area contributed by atoms with E-state index in [1.54, 1.807) is 0 Å². The molecule has 2 N–H and O–H groups in total. The summed E-state index contributed by atoms with van der Waals surface area (Å²) in [6.45, 7) is 4.86. The molecule has 0 bridgehead atoms. The third-order valence-electron chi connectivity index (χ3n) is 3.46. The van der Waals surface area contributed by atoms with Crippen molar-refractivity contribution in [3.05, 3.63) is 24.3 Å². The molecule has 0 saturated carbocycles. The summed E-state index contributed by atoms with van der Waals surface area (Å²) in [6, 6.07) is 7.51. The van der Waals surface area contributed by atoms with Crippen LogP contribution < -0.4 is 9.47 Å². The summed E-state index contributed by atoms with van der Waals surface area (Å²) in [7, 11) is 0. The number of aliphatic hydroxyl groups is 2.